The molecule has 0 radical (unpaired) electrons. The van der Waals surface area contributed by atoms with Gasteiger partial charge in [0.25, 0.3) is 0 Å². The van der Waals surface area contributed by atoms with Crippen LogP contribution in [0.15, 0.2) is 35.2 Å². The third-order valence-electron chi connectivity index (χ3n) is 3.44. The molecule has 0 fully saturated rings. The van der Waals surface area contributed by atoms with Crippen molar-refractivity contribution >= 4 is 5.78 Å². The Morgan fingerprint density at radius 3 is 2.70 bits per heavy atom. The molecule has 0 N–H and O–H groups in total. The smallest absolute Gasteiger partial charge is 0.367 e. The monoisotopic (exact) mass is 384 g/mol. The number of imidazole rings is 1. The highest BCUT2D eigenvalue weighted by molar-refractivity contribution is 5.97. The third-order valence-corrected chi connectivity index (χ3v) is 3.44. The summed E-state index contributed by atoms with van der Waals surface area (Å²) in [6.07, 6.45) is -1.53. The van der Waals surface area contributed by atoms with Crippen molar-refractivity contribution in [2.75, 3.05) is 6.61 Å². The van der Waals surface area contributed by atoms with Gasteiger partial charge in [-0.15, -0.1) is 0 Å². The molecule has 0 amide bonds. The highest BCUT2D eigenvalue weighted by Crippen LogP contribution is 2.30. The Kier molecular flexibility index (Phi) is 5.04. The summed E-state index contributed by atoms with van der Waals surface area (Å²) in [6.45, 7) is -0.202. The van der Waals surface area contributed by atoms with Crippen molar-refractivity contribution in [1.29, 1.82) is 0 Å². The lowest BCUT2D eigenvalue weighted by atomic mass is 10.1. The van der Waals surface area contributed by atoms with E-state index < -0.39 is 29.5 Å². The first-order valence-electron chi connectivity index (χ1n) is 7.52. The Morgan fingerprint density at radius 1 is 1.33 bits per heavy atom. The van der Waals surface area contributed by atoms with Crippen molar-refractivity contribution in [3.8, 4) is 11.4 Å². The second kappa shape index (κ2) is 7.27. The van der Waals surface area contributed by atoms with Crippen LogP contribution in [0.25, 0.3) is 11.4 Å². The second-order valence-electron chi connectivity index (χ2n) is 5.56. The minimum absolute atomic E-state index is 0.00295. The van der Waals surface area contributed by atoms with Gasteiger partial charge in [-0.25, -0.2) is 9.37 Å². The number of carbonyl (C=O) groups excluding carboxylic acids is 1. The lowest BCUT2D eigenvalue weighted by Crippen LogP contribution is -2.10. The maximum Gasteiger partial charge on any atom is 0.471 e. The van der Waals surface area contributed by atoms with E-state index in [1.807, 2.05) is 0 Å². The van der Waals surface area contributed by atoms with Gasteiger partial charge in [0.15, 0.2) is 5.78 Å². The number of ketones is 1. The Balaban J connectivity index is 1.66. The number of halogens is 4. The molecule has 27 heavy (non-hydrogen) atoms. The summed E-state index contributed by atoms with van der Waals surface area (Å²) in [4.78, 5) is 19.2. The van der Waals surface area contributed by atoms with Crippen LogP contribution in [0.2, 0.25) is 0 Å². The van der Waals surface area contributed by atoms with Crippen LogP contribution in [0.3, 0.4) is 0 Å². The molecule has 142 valence electrons. The van der Waals surface area contributed by atoms with E-state index in [-0.39, 0.29) is 24.3 Å². The maximum atomic E-state index is 14.2. The standard InChI is InChI=1S/C16H12F4N4O3/c1-24-5-10(21-8-24)6-26-7-13(25)9-2-3-11(12(17)4-9)14-22-15(27-23-14)16(18,19)20/h2-5,8H,6-7H2,1H3. The fourth-order valence-corrected chi connectivity index (χ4v) is 2.19. The first kappa shape index (κ1) is 18.7. The van der Waals surface area contributed by atoms with E-state index in [1.54, 1.807) is 24.1 Å². The SMILES string of the molecule is Cn1cnc(COCC(=O)c2ccc(-c3noc(C(F)(F)F)n3)c(F)c2)c1. The number of nitrogens with zero attached hydrogens (tertiary/aromatic N) is 4. The van der Waals surface area contributed by atoms with E-state index in [0.717, 1.165) is 12.1 Å². The Hall–Kier alpha value is -3.08. The van der Waals surface area contributed by atoms with Crippen molar-refractivity contribution in [1.82, 2.24) is 19.7 Å². The number of rotatable bonds is 6. The summed E-state index contributed by atoms with van der Waals surface area (Å²) in [5.74, 6) is -3.61. The van der Waals surface area contributed by atoms with Crippen LogP contribution in [-0.4, -0.2) is 32.1 Å². The van der Waals surface area contributed by atoms with E-state index in [2.05, 4.69) is 19.6 Å². The summed E-state index contributed by atoms with van der Waals surface area (Å²) in [6, 6.07) is 3.23. The minimum Gasteiger partial charge on any atom is -0.367 e. The number of alkyl halides is 3. The number of carbonyl (C=O) groups is 1. The van der Waals surface area contributed by atoms with Gasteiger partial charge in [0.2, 0.25) is 5.82 Å². The molecule has 0 bridgehead atoms. The molecular weight excluding hydrogens is 372 g/mol. The predicted octanol–water partition coefficient (Wildman–Crippen LogP) is 3.03. The highest BCUT2D eigenvalue weighted by atomic mass is 19.4. The molecule has 7 nitrogen and oxygen atoms in total. The molecule has 2 aromatic heterocycles. The summed E-state index contributed by atoms with van der Waals surface area (Å²) < 4.78 is 62.6. The van der Waals surface area contributed by atoms with E-state index in [9.17, 15) is 22.4 Å². The average molecular weight is 384 g/mol. The van der Waals surface area contributed by atoms with Gasteiger partial charge in [-0.3, -0.25) is 4.79 Å². The Morgan fingerprint density at radius 2 is 2.11 bits per heavy atom. The molecule has 0 spiro atoms. The van der Waals surface area contributed by atoms with Crippen LogP contribution in [0.1, 0.15) is 21.9 Å². The maximum absolute atomic E-state index is 14.2. The quantitative estimate of drug-likeness (QED) is 0.480. The fraction of sp³-hybridized carbons (Fsp3) is 0.250. The van der Waals surface area contributed by atoms with Crippen LogP contribution >= 0.6 is 0 Å². The largest absolute Gasteiger partial charge is 0.471 e. The van der Waals surface area contributed by atoms with E-state index in [4.69, 9.17) is 4.74 Å². The summed E-state index contributed by atoms with van der Waals surface area (Å²) in [5.41, 5.74) is 0.307. The molecule has 0 saturated carbocycles. The first-order chi connectivity index (χ1) is 12.7. The van der Waals surface area contributed by atoms with Gasteiger partial charge < -0.3 is 13.8 Å². The number of Topliss-reactive ketones (excluding diaryl/α,β-unsaturated/α-hetero) is 1. The number of ether oxygens (including phenoxy) is 1. The van der Waals surface area contributed by atoms with E-state index in [1.165, 1.54) is 6.07 Å². The zero-order valence-electron chi connectivity index (χ0n) is 13.8. The van der Waals surface area contributed by atoms with Crippen molar-refractivity contribution in [2.24, 2.45) is 7.05 Å². The van der Waals surface area contributed by atoms with Gasteiger partial charge in [-0.1, -0.05) is 11.2 Å². The van der Waals surface area contributed by atoms with Crippen LogP contribution in [0, 0.1) is 5.82 Å². The molecule has 0 saturated heterocycles. The second-order valence-corrected chi connectivity index (χ2v) is 5.56. The molecule has 0 unspecified atom stereocenters. The molecule has 11 heteroatoms. The summed E-state index contributed by atoms with van der Waals surface area (Å²) >= 11 is 0. The topological polar surface area (TPSA) is 83.0 Å². The zero-order chi connectivity index (χ0) is 19.6. The van der Waals surface area contributed by atoms with Gasteiger partial charge in [0, 0.05) is 18.8 Å². The first-order valence-corrected chi connectivity index (χ1v) is 7.52. The van der Waals surface area contributed by atoms with Crippen LogP contribution in [0.4, 0.5) is 17.6 Å². The molecule has 0 aliphatic carbocycles. The van der Waals surface area contributed by atoms with Crippen molar-refractivity contribution < 1.29 is 31.6 Å². The van der Waals surface area contributed by atoms with Gasteiger partial charge in [-0.05, 0) is 12.1 Å². The molecular formula is C16H12F4N4O3. The number of hydrogen-bond acceptors (Lipinski definition) is 6. The van der Waals surface area contributed by atoms with Crippen LogP contribution < -0.4 is 0 Å². The zero-order valence-corrected chi connectivity index (χ0v) is 13.8. The van der Waals surface area contributed by atoms with Gasteiger partial charge >= 0.3 is 12.1 Å². The third kappa shape index (κ3) is 4.37. The molecule has 3 rings (SSSR count). The number of benzene rings is 1. The van der Waals surface area contributed by atoms with E-state index in [0.29, 0.717) is 5.69 Å². The molecule has 0 atom stereocenters. The van der Waals surface area contributed by atoms with Crippen LogP contribution in [-0.2, 0) is 24.6 Å². The number of aromatic nitrogens is 4. The van der Waals surface area contributed by atoms with Crippen molar-refractivity contribution in [2.45, 2.75) is 12.8 Å². The summed E-state index contributed by atoms with van der Waals surface area (Å²) in [7, 11) is 1.79. The van der Waals surface area contributed by atoms with Gasteiger partial charge in [-0.2, -0.15) is 18.2 Å². The molecule has 2 heterocycles. The number of aryl methyl sites for hydroxylation is 1. The normalized spacial score (nSPS) is 11.7. The van der Waals surface area contributed by atoms with Gasteiger partial charge in [0.1, 0.15) is 12.4 Å². The Bertz CT molecular complexity index is 965. The van der Waals surface area contributed by atoms with Crippen LogP contribution in [0.5, 0.6) is 0 Å². The van der Waals surface area contributed by atoms with Crippen molar-refractivity contribution in [3.63, 3.8) is 0 Å². The molecule has 3 aromatic rings. The molecule has 1 aromatic carbocycles. The summed E-state index contributed by atoms with van der Waals surface area (Å²) in [5, 5.41) is 3.11. The van der Waals surface area contributed by atoms with E-state index >= 15 is 0 Å². The highest BCUT2D eigenvalue weighted by Gasteiger charge is 2.38. The lowest BCUT2D eigenvalue weighted by Gasteiger charge is -2.04. The fourth-order valence-electron chi connectivity index (χ4n) is 2.19. The Labute approximate surface area is 149 Å². The lowest BCUT2D eigenvalue weighted by molar-refractivity contribution is -0.159. The molecule has 0 aliphatic rings. The average Bonchev–Trinajstić information content (AvgIpc) is 3.23. The van der Waals surface area contributed by atoms with Crippen molar-refractivity contribution in [3.05, 3.63) is 53.7 Å². The number of hydrogen-bond donors (Lipinski definition) is 0. The molecule has 0 aliphatic heterocycles. The predicted molar refractivity (Wildman–Crippen MR) is 81.9 cm³/mol. The minimum atomic E-state index is -4.83. The van der Waals surface area contributed by atoms with Gasteiger partial charge in [0.05, 0.1) is 24.2 Å².